The summed E-state index contributed by atoms with van der Waals surface area (Å²) in [6.45, 7) is 0.781. The molecule has 0 fully saturated rings. The molecule has 1 heterocycles. The summed E-state index contributed by atoms with van der Waals surface area (Å²) < 4.78 is 34.0. The van der Waals surface area contributed by atoms with E-state index in [9.17, 15) is 23.2 Å². The van der Waals surface area contributed by atoms with Gasteiger partial charge in [0, 0.05) is 18.9 Å². The quantitative estimate of drug-likeness (QED) is 0.843. The molecule has 134 valence electrons. The topological polar surface area (TPSA) is 90.5 Å². The molecule has 0 spiro atoms. The van der Waals surface area contributed by atoms with E-state index < -0.39 is 41.4 Å². The van der Waals surface area contributed by atoms with Crippen LogP contribution < -0.4 is 11.2 Å². The molecule has 7 nitrogen and oxygen atoms in total. The molecule has 2 aromatic rings. The van der Waals surface area contributed by atoms with Crippen LogP contribution in [0.4, 0.5) is 8.78 Å². The number of aromatic nitrogens is 2. The molecule has 0 unspecified atom stereocenters. The number of benzene rings is 1. The molecule has 9 heteroatoms. The maximum Gasteiger partial charge on any atom is 0.331 e. The van der Waals surface area contributed by atoms with E-state index in [-0.39, 0.29) is 17.7 Å². The van der Waals surface area contributed by atoms with Crippen molar-refractivity contribution in [3.63, 3.8) is 0 Å². The Morgan fingerprint density at radius 1 is 1.28 bits per heavy atom. The Morgan fingerprint density at radius 3 is 2.56 bits per heavy atom. The number of carboxylic acid groups (broad SMARTS) is 1. The minimum absolute atomic E-state index is 0.00267. The number of aliphatic carboxylic acids is 1. The minimum Gasteiger partial charge on any atom is -0.480 e. The largest absolute Gasteiger partial charge is 0.480 e. The molecular formula is C16H16F2N2O5. The highest BCUT2D eigenvalue weighted by atomic mass is 19.2. The molecule has 0 radical (unpaired) electrons. The van der Waals surface area contributed by atoms with Crippen molar-refractivity contribution in [1.82, 2.24) is 9.13 Å². The number of rotatable bonds is 6. The highest BCUT2D eigenvalue weighted by molar-refractivity contribution is 5.67. The number of methoxy groups -OCH3 is 1. The van der Waals surface area contributed by atoms with Gasteiger partial charge in [-0.25, -0.2) is 13.6 Å². The fourth-order valence-electron chi connectivity index (χ4n) is 2.48. The SMILES string of the molecule is COC[C@H](C)n1c(=O)c(-c2cccc(F)c2F)cn(CC(=O)O)c1=O. The first kappa shape index (κ1) is 18.5. The van der Waals surface area contributed by atoms with Crippen LogP contribution in [0.2, 0.25) is 0 Å². The lowest BCUT2D eigenvalue weighted by molar-refractivity contribution is -0.137. The van der Waals surface area contributed by atoms with Crippen molar-refractivity contribution in [2.75, 3.05) is 13.7 Å². The fourth-order valence-corrected chi connectivity index (χ4v) is 2.48. The van der Waals surface area contributed by atoms with Gasteiger partial charge < -0.3 is 9.84 Å². The average Bonchev–Trinajstić information content (AvgIpc) is 2.53. The van der Waals surface area contributed by atoms with Gasteiger partial charge in [0.2, 0.25) is 0 Å². The summed E-state index contributed by atoms with van der Waals surface area (Å²) in [6.07, 6.45) is 0.923. The van der Waals surface area contributed by atoms with Crippen LogP contribution in [0, 0.1) is 11.6 Å². The third-order valence-electron chi connectivity index (χ3n) is 3.58. The number of hydrogen-bond acceptors (Lipinski definition) is 4. The standard InChI is InChI=1S/C16H16F2N2O5/c1-9(8-25-2)20-15(23)11(6-19(16(20)24)7-13(21)22)10-4-3-5-12(17)14(10)18/h3-6,9H,7-8H2,1-2H3,(H,21,22)/t9-/m0/s1. The number of halogens is 2. The zero-order valence-corrected chi connectivity index (χ0v) is 13.5. The van der Waals surface area contributed by atoms with Crippen molar-refractivity contribution in [2.24, 2.45) is 0 Å². The highest BCUT2D eigenvalue weighted by Crippen LogP contribution is 2.21. The zero-order valence-electron chi connectivity index (χ0n) is 13.5. The predicted octanol–water partition coefficient (Wildman–Crippen LogP) is 1.25. The Labute approximate surface area is 140 Å². The van der Waals surface area contributed by atoms with E-state index in [0.29, 0.717) is 0 Å². The highest BCUT2D eigenvalue weighted by Gasteiger charge is 2.21. The zero-order chi connectivity index (χ0) is 18.7. The first-order valence-corrected chi connectivity index (χ1v) is 7.29. The number of carboxylic acids is 1. The normalized spacial score (nSPS) is 12.2. The number of nitrogens with zero attached hydrogens (tertiary/aromatic N) is 2. The van der Waals surface area contributed by atoms with Gasteiger partial charge in [-0.05, 0) is 13.0 Å². The minimum atomic E-state index is -1.32. The number of carbonyl (C=O) groups is 1. The van der Waals surface area contributed by atoms with Gasteiger partial charge in [-0.1, -0.05) is 12.1 Å². The molecule has 1 atom stereocenters. The molecule has 1 N–H and O–H groups in total. The maximum absolute atomic E-state index is 14.1. The lowest BCUT2D eigenvalue weighted by Crippen LogP contribution is -2.43. The molecule has 25 heavy (non-hydrogen) atoms. The van der Waals surface area contributed by atoms with Gasteiger partial charge in [0.1, 0.15) is 6.54 Å². The average molecular weight is 354 g/mol. The third-order valence-corrected chi connectivity index (χ3v) is 3.58. The van der Waals surface area contributed by atoms with E-state index in [1.165, 1.54) is 26.2 Å². The van der Waals surface area contributed by atoms with Gasteiger partial charge in [0.25, 0.3) is 5.56 Å². The van der Waals surface area contributed by atoms with Gasteiger partial charge >= 0.3 is 11.7 Å². The van der Waals surface area contributed by atoms with Crippen LogP contribution in [-0.2, 0) is 16.1 Å². The van der Waals surface area contributed by atoms with E-state index in [4.69, 9.17) is 9.84 Å². The molecular weight excluding hydrogens is 338 g/mol. The van der Waals surface area contributed by atoms with E-state index in [1.807, 2.05) is 0 Å². The van der Waals surface area contributed by atoms with Crippen molar-refractivity contribution in [3.05, 3.63) is 56.9 Å². The number of hydrogen-bond donors (Lipinski definition) is 1. The van der Waals surface area contributed by atoms with Crippen LogP contribution in [0.15, 0.2) is 34.0 Å². The Bertz CT molecular complexity index is 920. The summed E-state index contributed by atoms with van der Waals surface area (Å²) in [5, 5.41) is 8.95. The Balaban J connectivity index is 2.82. The second-order valence-electron chi connectivity index (χ2n) is 5.43. The monoisotopic (exact) mass is 354 g/mol. The van der Waals surface area contributed by atoms with E-state index >= 15 is 0 Å². The molecule has 1 aromatic carbocycles. The number of ether oxygens (including phenoxy) is 1. The summed E-state index contributed by atoms with van der Waals surface area (Å²) in [6, 6.07) is 2.54. The predicted molar refractivity (Wildman–Crippen MR) is 84.5 cm³/mol. The van der Waals surface area contributed by atoms with Crippen molar-refractivity contribution < 1.29 is 23.4 Å². The lowest BCUT2D eigenvalue weighted by atomic mass is 10.1. The van der Waals surface area contributed by atoms with Crippen LogP contribution in [0.3, 0.4) is 0 Å². The maximum atomic E-state index is 14.1. The first-order valence-electron chi connectivity index (χ1n) is 7.29. The molecule has 1 aromatic heterocycles. The van der Waals surface area contributed by atoms with Gasteiger partial charge in [0.15, 0.2) is 11.6 Å². The van der Waals surface area contributed by atoms with Gasteiger partial charge in [0.05, 0.1) is 18.2 Å². The molecule has 0 bridgehead atoms. The van der Waals surface area contributed by atoms with Gasteiger partial charge in [-0.3, -0.25) is 18.7 Å². The van der Waals surface area contributed by atoms with Crippen molar-refractivity contribution >= 4 is 5.97 Å². The molecule has 0 aliphatic heterocycles. The summed E-state index contributed by atoms with van der Waals surface area (Å²) in [7, 11) is 1.37. The van der Waals surface area contributed by atoms with Crippen LogP contribution in [0.25, 0.3) is 11.1 Å². The smallest absolute Gasteiger partial charge is 0.331 e. The second-order valence-corrected chi connectivity index (χ2v) is 5.43. The Morgan fingerprint density at radius 2 is 1.96 bits per heavy atom. The van der Waals surface area contributed by atoms with E-state index in [1.54, 1.807) is 0 Å². The summed E-state index contributed by atoms with van der Waals surface area (Å²) in [4.78, 5) is 36.1. The first-order chi connectivity index (χ1) is 11.8. The molecule has 0 aliphatic rings. The van der Waals surface area contributed by atoms with Crippen LogP contribution in [0.5, 0.6) is 0 Å². The van der Waals surface area contributed by atoms with E-state index in [0.717, 1.165) is 21.4 Å². The molecule has 0 saturated heterocycles. The Kier molecular flexibility index (Phi) is 5.48. The summed E-state index contributed by atoms with van der Waals surface area (Å²) >= 11 is 0. The third kappa shape index (κ3) is 3.66. The van der Waals surface area contributed by atoms with Crippen LogP contribution in [-0.4, -0.2) is 33.9 Å². The van der Waals surface area contributed by atoms with Gasteiger partial charge in [-0.15, -0.1) is 0 Å². The van der Waals surface area contributed by atoms with Crippen molar-refractivity contribution in [1.29, 1.82) is 0 Å². The molecule has 2 rings (SSSR count). The van der Waals surface area contributed by atoms with Gasteiger partial charge in [-0.2, -0.15) is 0 Å². The van der Waals surface area contributed by atoms with Crippen LogP contribution >= 0.6 is 0 Å². The second kappa shape index (κ2) is 7.39. The lowest BCUT2D eigenvalue weighted by Gasteiger charge is -2.17. The summed E-state index contributed by atoms with van der Waals surface area (Å²) in [5.41, 5.74) is -2.42. The summed E-state index contributed by atoms with van der Waals surface area (Å²) in [5.74, 6) is -3.74. The molecule has 0 amide bonds. The Hall–Kier alpha value is -2.81. The van der Waals surface area contributed by atoms with Crippen LogP contribution in [0.1, 0.15) is 13.0 Å². The van der Waals surface area contributed by atoms with E-state index in [2.05, 4.69) is 0 Å². The molecule has 0 aliphatic carbocycles. The van der Waals surface area contributed by atoms with Crippen molar-refractivity contribution in [2.45, 2.75) is 19.5 Å². The fraction of sp³-hybridized carbons (Fsp3) is 0.312. The molecule has 0 saturated carbocycles. The van der Waals surface area contributed by atoms with Crippen molar-refractivity contribution in [3.8, 4) is 11.1 Å².